The highest BCUT2D eigenvalue weighted by molar-refractivity contribution is 5.90. The Hall–Kier alpha value is -7.85. The van der Waals surface area contributed by atoms with Crippen molar-refractivity contribution in [3.8, 4) is 22.3 Å². The summed E-state index contributed by atoms with van der Waals surface area (Å²) in [7, 11) is 3.55. The number of carbonyl (C=O) groups excluding carboxylic acids is 4. The van der Waals surface area contributed by atoms with Crippen molar-refractivity contribution in [3.05, 3.63) is 179 Å². The number of nitrogens with one attached hydrogen (secondary N) is 1. The Balaban J connectivity index is 0.727. The van der Waals surface area contributed by atoms with Crippen molar-refractivity contribution in [2.75, 3.05) is 78.7 Å². The third-order valence-electron chi connectivity index (χ3n) is 15.3. The van der Waals surface area contributed by atoms with E-state index in [4.69, 9.17) is 23.9 Å². The first-order valence-electron chi connectivity index (χ1n) is 26.8. The van der Waals surface area contributed by atoms with Crippen LogP contribution >= 0.6 is 0 Å². The molecule has 10 rings (SSSR count). The number of rotatable bonds is 21. The van der Waals surface area contributed by atoms with Gasteiger partial charge in [0.15, 0.2) is 0 Å². The number of hydrazine groups is 1. The lowest BCUT2D eigenvalue weighted by Gasteiger charge is -2.38. The van der Waals surface area contributed by atoms with Gasteiger partial charge in [-0.2, -0.15) is 0 Å². The van der Waals surface area contributed by atoms with E-state index in [-0.39, 0.29) is 69.0 Å². The third kappa shape index (κ3) is 12.1. The number of fused-ring (bicyclic) bond motifs is 7. The quantitative estimate of drug-likeness (QED) is 0.0545. The number of benzene rings is 5. The highest BCUT2D eigenvalue weighted by Crippen LogP contribution is 2.46. The Morgan fingerprint density at radius 1 is 0.636 bits per heavy atom. The van der Waals surface area contributed by atoms with Gasteiger partial charge in [-0.15, -0.1) is 0 Å². The van der Waals surface area contributed by atoms with E-state index in [9.17, 15) is 19.2 Å². The molecule has 0 spiro atoms. The van der Waals surface area contributed by atoms with Gasteiger partial charge in [0.05, 0.1) is 39.4 Å². The zero-order chi connectivity index (χ0) is 53.3. The van der Waals surface area contributed by atoms with Gasteiger partial charge in [-0.1, -0.05) is 115 Å². The molecule has 77 heavy (non-hydrogen) atoms. The lowest BCUT2D eigenvalue weighted by atomic mass is 9.98. The summed E-state index contributed by atoms with van der Waals surface area (Å²) in [5, 5.41) is 7.13. The number of anilines is 1. The van der Waals surface area contributed by atoms with Crippen LogP contribution in [0.3, 0.4) is 0 Å². The number of carbonyl (C=O) groups is 4. The van der Waals surface area contributed by atoms with Crippen LogP contribution in [0, 0.1) is 6.92 Å². The molecule has 1 saturated heterocycles. The molecule has 398 valence electrons. The molecule has 0 saturated carbocycles. The largest absolute Gasteiger partial charge is 0.448 e. The van der Waals surface area contributed by atoms with Crippen LogP contribution in [0.1, 0.15) is 71.0 Å². The molecule has 3 aliphatic rings. The van der Waals surface area contributed by atoms with Crippen LogP contribution in [0.4, 0.5) is 15.3 Å². The third-order valence-corrected chi connectivity index (χ3v) is 15.3. The standard InChI is InChI=1S/C62H67N7O8/c1-43-22-24-45(25-23-43)64-58(70)29-35-74-37-38-75-36-34-69(62(73)77-42-57-54-20-10-6-16-50(54)51-17-7-11-21-55(51)57)46-26-31-67(32-27-46)59(71)28-33-68-47(39-44-13-12-30-63-60(44)68)40-65(2)66(3)61(72)76-41-56-52-18-8-4-14-48(52)49-15-5-9-19-53(49)56/h4-25,30,39,46,56-57H,26-29,31-38,40-42H2,1-3H3,(H,64,70). The number of ether oxygens (including phenoxy) is 4. The summed E-state index contributed by atoms with van der Waals surface area (Å²) in [5.74, 6) is -0.250. The molecule has 2 aliphatic carbocycles. The average Bonchev–Trinajstić information content (AvgIpc) is 4.18. The van der Waals surface area contributed by atoms with Gasteiger partial charge in [0, 0.05) is 87.5 Å². The predicted molar refractivity (Wildman–Crippen MR) is 296 cm³/mol. The highest BCUT2D eigenvalue weighted by Gasteiger charge is 2.34. The van der Waals surface area contributed by atoms with Gasteiger partial charge >= 0.3 is 12.2 Å². The van der Waals surface area contributed by atoms with Gasteiger partial charge in [0.2, 0.25) is 11.8 Å². The van der Waals surface area contributed by atoms with Crippen molar-refractivity contribution < 1.29 is 38.1 Å². The monoisotopic (exact) mass is 1040 g/mol. The Morgan fingerprint density at radius 2 is 1.18 bits per heavy atom. The second-order valence-corrected chi connectivity index (χ2v) is 20.1. The summed E-state index contributed by atoms with van der Waals surface area (Å²) >= 11 is 0. The highest BCUT2D eigenvalue weighted by atomic mass is 16.6. The zero-order valence-corrected chi connectivity index (χ0v) is 44.1. The number of amides is 4. The molecular weight excluding hydrogens is 971 g/mol. The number of pyridine rings is 1. The molecule has 0 radical (unpaired) electrons. The summed E-state index contributed by atoms with van der Waals surface area (Å²) in [4.78, 5) is 62.6. The summed E-state index contributed by atoms with van der Waals surface area (Å²) in [6.45, 7) is 5.54. The van der Waals surface area contributed by atoms with Crippen molar-refractivity contribution in [1.82, 2.24) is 29.4 Å². The number of likely N-dealkylation sites (tertiary alicyclic amines) is 1. The Kier molecular flexibility index (Phi) is 16.7. The van der Waals surface area contributed by atoms with E-state index in [0.717, 1.165) is 61.4 Å². The van der Waals surface area contributed by atoms with Crippen LogP contribution < -0.4 is 5.32 Å². The molecule has 15 nitrogen and oxygen atoms in total. The predicted octanol–water partition coefficient (Wildman–Crippen LogP) is 10.3. The molecule has 0 unspecified atom stereocenters. The van der Waals surface area contributed by atoms with E-state index in [1.165, 1.54) is 16.1 Å². The summed E-state index contributed by atoms with van der Waals surface area (Å²) < 4.78 is 25.9. The number of hydrogen-bond acceptors (Lipinski definition) is 10. The fourth-order valence-corrected chi connectivity index (χ4v) is 11.1. The minimum absolute atomic E-state index is 0.0138. The lowest BCUT2D eigenvalue weighted by molar-refractivity contribution is -0.133. The Labute approximate surface area is 450 Å². The first kappa shape index (κ1) is 52.6. The fourth-order valence-electron chi connectivity index (χ4n) is 11.1. The van der Waals surface area contributed by atoms with Gasteiger partial charge < -0.3 is 38.6 Å². The van der Waals surface area contributed by atoms with Crippen LogP contribution in [0.25, 0.3) is 33.3 Å². The van der Waals surface area contributed by atoms with Gasteiger partial charge in [0.25, 0.3) is 0 Å². The maximum absolute atomic E-state index is 14.2. The molecule has 7 aromatic rings. The Bertz CT molecular complexity index is 3110. The molecule has 15 heteroatoms. The molecule has 1 aliphatic heterocycles. The molecule has 1 fully saturated rings. The van der Waals surface area contributed by atoms with Crippen molar-refractivity contribution in [1.29, 1.82) is 0 Å². The molecule has 5 aromatic carbocycles. The van der Waals surface area contributed by atoms with E-state index >= 15 is 0 Å². The molecule has 3 heterocycles. The molecule has 4 amide bonds. The molecule has 2 aromatic heterocycles. The molecule has 1 N–H and O–H groups in total. The van der Waals surface area contributed by atoms with Gasteiger partial charge in [-0.3, -0.25) is 9.59 Å². The maximum atomic E-state index is 14.2. The van der Waals surface area contributed by atoms with E-state index in [1.54, 1.807) is 18.1 Å². The number of piperidine rings is 1. The van der Waals surface area contributed by atoms with E-state index < -0.39 is 12.2 Å². The molecule has 0 atom stereocenters. The van der Waals surface area contributed by atoms with Crippen LogP contribution in [-0.4, -0.2) is 133 Å². The summed E-state index contributed by atoms with van der Waals surface area (Å²) in [6.07, 6.45) is 2.50. The minimum Gasteiger partial charge on any atom is -0.448 e. The first-order chi connectivity index (χ1) is 37.6. The van der Waals surface area contributed by atoms with Crippen LogP contribution in [-0.2, 0) is 41.6 Å². The van der Waals surface area contributed by atoms with E-state index in [1.807, 2.05) is 109 Å². The topological polar surface area (TPSA) is 148 Å². The smallest absolute Gasteiger partial charge is 0.424 e. The van der Waals surface area contributed by atoms with Gasteiger partial charge in [-0.25, -0.2) is 24.6 Å². The van der Waals surface area contributed by atoms with Crippen molar-refractivity contribution in [2.45, 2.75) is 63.6 Å². The van der Waals surface area contributed by atoms with Crippen molar-refractivity contribution >= 4 is 40.7 Å². The van der Waals surface area contributed by atoms with Crippen LogP contribution in [0.15, 0.2) is 146 Å². The lowest BCUT2D eigenvalue weighted by Crippen LogP contribution is -2.50. The van der Waals surface area contributed by atoms with Crippen LogP contribution in [0.2, 0.25) is 0 Å². The number of nitrogens with zero attached hydrogens (tertiary/aromatic N) is 6. The second-order valence-electron chi connectivity index (χ2n) is 20.1. The van der Waals surface area contributed by atoms with E-state index in [2.05, 4.69) is 64.5 Å². The van der Waals surface area contributed by atoms with Gasteiger partial charge in [-0.05, 0) is 94.6 Å². The average molecular weight is 1040 g/mol. The van der Waals surface area contributed by atoms with Crippen LogP contribution in [0.5, 0.6) is 0 Å². The molecular formula is C62H67N7O8. The number of aromatic nitrogens is 2. The summed E-state index contributed by atoms with van der Waals surface area (Å²) in [5.41, 5.74) is 12.8. The minimum atomic E-state index is -0.461. The normalized spacial score (nSPS) is 14.0. The maximum Gasteiger partial charge on any atom is 0.424 e. The van der Waals surface area contributed by atoms with Gasteiger partial charge in [0.1, 0.15) is 18.9 Å². The van der Waals surface area contributed by atoms with E-state index in [0.29, 0.717) is 58.8 Å². The number of hydrogen-bond donors (Lipinski definition) is 1. The number of aryl methyl sites for hydroxylation is 2. The van der Waals surface area contributed by atoms with Crippen molar-refractivity contribution in [3.63, 3.8) is 0 Å². The summed E-state index contributed by atoms with van der Waals surface area (Å²) in [6, 6.07) is 46.5. The Morgan fingerprint density at radius 3 is 1.77 bits per heavy atom. The fraction of sp³-hybridized carbons (Fsp3) is 0.339. The SMILES string of the molecule is Cc1ccc(NC(=O)CCOCCOCCN(C(=O)OCC2c3ccccc3-c3ccccc32)C2CCN(C(=O)CCn3c(CN(C)N(C)C(=O)OCC4c5ccccc5-c5ccccc54)cc4cccnc43)CC2)cc1. The first-order valence-corrected chi connectivity index (χ1v) is 26.8. The second kappa shape index (κ2) is 24.4. The molecule has 0 bridgehead atoms. The van der Waals surface area contributed by atoms with Crippen molar-refractivity contribution in [2.24, 2.45) is 0 Å². The zero-order valence-electron chi connectivity index (χ0n) is 44.1.